The minimum absolute atomic E-state index is 0.0492. The molecule has 1 N–H and O–H groups in total. The van der Waals surface area contributed by atoms with Crippen LogP contribution in [0.1, 0.15) is 37.3 Å². The number of fused-ring (bicyclic) bond motifs is 3. The molecule has 2 saturated heterocycles. The van der Waals surface area contributed by atoms with Crippen molar-refractivity contribution >= 4 is 59.6 Å². The lowest BCUT2D eigenvalue weighted by molar-refractivity contribution is -0.150. The van der Waals surface area contributed by atoms with E-state index >= 15 is 4.79 Å². The van der Waals surface area contributed by atoms with E-state index in [4.69, 9.17) is 25.8 Å². The Morgan fingerprint density at radius 3 is 2.47 bits per heavy atom. The third-order valence-electron chi connectivity index (χ3n) is 12.3. The average Bonchev–Trinajstić information content (AvgIpc) is 3.85. The van der Waals surface area contributed by atoms with E-state index in [1.165, 1.54) is 5.19 Å². The molecule has 1 spiro atoms. The lowest BCUT2D eigenvalue weighted by Crippen LogP contribution is -2.52. The normalized spacial score (nSPS) is 24.7. The Labute approximate surface area is 327 Å². The van der Waals surface area contributed by atoms with E-state index in [2.05, 4.69) is 32.2 Å². The van der Waals surface area contributed by atoms with Crippen LogP contribution in [0.3, 0.4) is 0 Å². The van der Waals surface area contributed by atoms with Gasteiger partial charge >= 0.3 is 0 Å². The van der Waals surface area contributed by atoms with Gasteiger partial charge in [0.1, 0.15) is 11.5 Å². The summed E-state index contributed by atoms with van der Waals surface area (Å²) in [5, 5.41) is 11.7. The lowest BCUT2D eigenvalue weighted by Gasteiger charge is -2.37. The van der Waals surface area contributed by atoms with Crippen molar-refractivity contribution in [1.82, 2.24) is 4.90 Å². The number of aliphatic hydroxyl groups is 1. The number of methoxy groups -OCH3 is 1. The molecule has 0 saturated carbocycles. The first-order valence-corrected chi connectivity index (χ1v) is 22.4. The third-order valence-corrected chi connectivity index (χ3v) is 16.9. The van der Waals surface area contributed by atoms with Gasteiger partial charge in [0.2, 0.25) is 5.91 Å². The minimum atomic E-state index is -2.49. The Hall–Kier alpha value is -4.68. The van der Waals surface area contributed by atoms with Gasteiger partial charge in [0, 0.05) is 28.7 Å². The van der Waals surface area contributed by atoms with E-state index in [9.17, 15) is 14.7 Å². The van der Waals surface area contributed by atoms with Gasteiger partial charge in [0.05, 0.1) is 58.3 Å². The number of amides is 3. The largest absolute Gasteiger partial charge is 0.497 e. The second-order valence-electron chi connectivity index (χ2n) is 15.6. The summed E-state index contributed by atoms with van der Waals surface area (Å²) in [7, 11) is -0.848. The first-order valence-electron chi connectivity index (χ1n) is 19.0. The maximum Gasteiger partial charge on any atom is 0.269 e. The second-order valence-corrected chi connectivity index (χ2v) is 20.8. The van der Waals surface area contributed by atoms with Gasteiger partial charge in [-0.15, -0.1) is 0 Å². The van der Waals surface area contributed by atoms with E-state index in [0.29, 0.717) is 34.3 Å². The standard InChI is InChI=1S/C43H46ClN3O7Si/c1-27-41(55(3,4)33-18-16-32(52-2)17-19-33)38(23-39(49)45-21-7-8-31(45)25-48)54-43(27)34-22-29(44)13-20-35(34)46(42(43)51)24-28-11-14-30(15-12-28)47-36-9-5-6-10-37(36)53-26-40(47)50/h5-6,9-20,22,27,31,38,41,48H,7-8,21,23-26H2,1-4H3/t27-,31-,38+,41-,43+/m0/s1. The van der Waals surface area contributed by atoms with Crippen LogP contribution < -0.4 is 24.5 Å². The molecule has 286 valence electrons. The summed E-state index contributed by atoms with van der Waals surface area (Å²) in [5.74, 6) is 0.673. The van der Waals surface area contributed by atoms with Crippen molar-refractivity contribution < 1.29 is 33.7 Å². The molecule has 4 aliphatic heterocycles. The fourth-order valence-electron chi connectivity index (χ4n) is 9.60. The van der Waals surface area contributed by atoms with E-state index in [-0.39, 0.29) is 61.4 Å². The van der Waals surface area contributed by atoms with Gasteiger partial charge in [-0.3, -0.25) is 19.3 Å². The molecule has 12 heteroatoms. The Morgan fingerprint density at radius 1 is 1.00 bits per heavy atom. The van der Waals surface area contributed by atoms with Gasteiger partial charge in [-0.05, 0) is 78.5 Å². The Kier molecular flexibility index (Phi) is 9.77. The monoisotopic (exact) mass is 779 g/mol. The summed E-state index contributed by atoms with van der Waals surface area (Å²) in [5.41, 5.74) is 2.17. The van der Waals surface area contributed by atoms with Crippen molar-refractivity contribution in [3.8, 4) is 11.5 Å². The van der Waals surface area contributed by atoms with Crippen molar-refractivity contribution in [2.75, 3.05) is 36.7 Å². The number of rotatable bonds is 9. The summed E-state index contributed by atoms with van der Waals surface area (Å²) in [6.45, 7) is 7.40. The predicted octanol–water partition coefficient (Wildman–Crippen LogP) is 6.54. The zero-order valence-corrected chi connectivity index (χ0v) is 33.3. The smallest absolute Gasteiger partial charge is 0.269 e. The first kappa shape index (κ1) is 37.3. The number of carbonyl (C=O) groups is 3. The van der Waals surface area contributed by atoms with Crippen molar-refractivity contribution in [3.63, 3.8) is 0 Å². The zero-order chi connectivity index (χ0) is 38.6. The quantitative estimate of drug-likeness (QED) is 0.192. The number of para-hydroxylation sites is 2. The molecule has 0 radical (unpaired) electrons. The highest BCUT2D eigenvalue weighted by atomic mass is 35.5. The van der Waals surface area contributed by atoms with Crippen LogP contribution in [-0.4, -0.2) is 74.8 Å². The highest BCUT2D eigenvalue weighted by Gasteiger charge is 2.66. The van der Waals surface area contributed by atoms with Crippen molar-refractivity contribution in [2.45, 2.75) is 69.1 Å². The number of hydrogen-bond acceptors (Lipinski definition) is 7. The molecule has 4 aromatic carbocycles. The van der Waals surface area contributed by atoms with Crippen LogP contribution in [0.15, 0.2) is 91.0 Å². The van der Waals surface area contributed by atoms with Crippen LogP contribution in [0.5, 0.6) is 11.5 Å². The van der Waals surface area contributed by atoms with Gasteiger partial charge in [0.15, 0.2) is 12.2 Å². The number of likely N-dealkylation sites (tertiary alicyclic amines) is 1. The van der Waals surface area contributed by atoms with Crippen LogP contribution in [-0.2, 0) is 31.3 Å². The van der Waals surface area contributed by atoms with Crippen LogP contribution in [0.4, 0.5) is 17.1 Å². The second kappa shape index (κ2) is 14.4. The summed E-state index contributed by atoms with van der Waals surface area (Å²) < 4.78 is 18.3. The average molecular weight is 780 g/mol. The van der Waals surface area contributed by atoms with Gasteiger partial charge in [0.25, 0.3) is 11.8 Å². The summed E-state index contributed by atoms with van der Waals surface area (Å²) in [6, 6.07) is 28.5. The Balaban J connectivity index is 1.15. The molecule has 0 bridgehead atoms. The van der Waals surface area contributed by atoms with Crippen LogP contribution in [0, 0.1) is 5.92 Å². The molecular weight excluding hydrogens is 734 g/mol. The number of hydrogen-bond donors (Lipinski definition) is 1. The van der Waals surface area contributed by atoms with E-state index in [1.807, 2.05) is 72.8 Å². The first-order chi connectivity index (χ1) is 26.5. The highest BCUT2D eigenvalue weighted by Crippen LogP contribution is 2.60. The van der Waals surface area contributed by atoms with Gasteiger partial charge in [-0.1, -0.05) is 73.2 Å². The Bertz CT molecular complexity index is 2130. The summed E-state index contributed by atoms with van der Waals surface area (Å²) >= 11 is 6.70. The number of nitrogens with zero attached hydrogens (tertiary/aromatic N) is 3. The highest BCUT2D eigenvalue weighted by molar-refractivity contribution is 6.91. The number of halogens is 1. The third kappa shape index (κ3) is 6.21. The van der Waals surface area contributed by atoms with Gasteiger partial charge in [-0.25, -0.2) is 0 Å². The van der Waals surface area contributed by atoms with Crippen molar-refractivity contribution in [3.05, 3.63) is 107 Å². The van der Waals surface area contributed by atoms with Gasteiger partial charge in [-0.2, -0.15) is 0 Å². The maximum absolute atomic E-state index is 15.2. The molecule has 5 atom stereocenters. The van der Waals surface area contributed by atoms with Crippen molar-refractivity contribution in [1.29, 1.82) is 0 Å². The molecule has 4 aromatic rings. The number of ether oxygens (including phenoxy) is 3. The molecule has 55 heavy (non-hydrogen) atoms. The molecular formula is C43H46ClN3O7Si. The van der Waals surface area contributed by atoms with E-state index in [0.717, 1.165) is 29.8 Å². The van der Waals surface area contributed by atoms with Crippen molar-refractivity contribution in [2.24, 2.45) is 5.92 Å². The fraction of sp³-hybridized carbons (Fsp3) is 0.372. The zero-order valence-electron chi connectivity index (χ0n) is 31.5. The Morgan fingerprint density at radius 2 is 1.75 bits per heavy atom. The number of aliphatic hydroxyl groups excluding tert-OH is 1. The fourth-order valence-corrected chi connectivity index (χ4v) is 13.8. The molecule has 0 aromatic heterocycles. The molecule has 2 fully saturated rings. The SMILES string of the molecule is COc1ccc([Si](C)(C)[C@@H]2[C@@H](CC(=O)N3CCC[C@H]3CO)O[C@]3(C(=O)N(Cc4ccc(N5C(=O)COc6ccccc65)cc4)c4ccc(Cl)cc43)[C@H]2C)cc1. The molecule has 0 unspecified atom stereocenters. The van der Waals surface area contributed by atoms with Crippen LogP contribution in [0.2, 0.25) is 23.7 Å². The van der Waals surface area contributed by atoms with Gasteiger partial charge < -0.3 is 29.1 Å². The van der Waals surface area contributed by atoms with E-state index in [1.54, 1.807) is 27.9 Å². The molecule has 8 rings (SSSR count). The lowest BCUT2D eigenvalue weighted by atomic mass is 9.82. The number of anilines is 3. The molecule has 0 aliphatic carbocycles. The number of carbonyl (C=O) groups excluding carboxylic acids is 3. The molecule has 10 nitrogen and oxygen atoms in total. The molecule has 3 amide bonds. The summed E-state index contributed by atoms with van der Waals surface area (Å²) in [6.07, 6.45) is 1.15. The molecule has 4 heterocycles. The maximum atomic E-state index is 15.2. The topological polar surface area (TPSA) is 109 Å². The van der Waals surface area contributed by atoms with Crippen LogP contribution in [0.25, 0.3) is 0 Å². The van der Waals surface area contributed by atoms with Crippen LogP contribution >= 0.6 is 11.6 Å². The van der Waals surface area contributed by atoms with E-state index < -0.39 is 19.8 Å². The minimum Gasteiger partial charge on any atom is -0.497 e. The number of benzene rings is 4. The predicted molar refractivity (Wildman–Crippen MR) is 214 cm³/mol. The summed E-state index contributed by atoms with van der Waals surface area (Å²) in [4.78, 5) is 47.6. The molecule has 4 aliphatic rings.